The van der Waals surface area contributed by atoms with Crippen LogP contribution in [0, 0.1) is 12.7 Å². The molecule has 1 aromatic carbocycles. The summed E-state index contributed by atoms with van der Waals surface area (Å²) in [6, 6.07) is 6.13. The molecule has 2 rings (SSSR count). The Balaban J connectivity index is 1.95. The Hall–Kier alpha value is -2.50. The number of benzene rings is 1. The van der Waals surface area contributed by atoms with Gasteiger partial charge in [0.1, 0.15) is 5.76 Å². The number of rotatable bonds is 5. The minimum Gasteiger partial charge on any atom is -0.478 e. The molecule has 1 amide bonds. The molecule has 5 nitrogen and oxygen atoms in total. The van der Waals surface area contributed by atoms with E-state index in [9.17, 15) is 9.18 Å². The zero-order chi connectivity index (χ0) is 15.4. The van der Waals surface area contributed by atoms with Crippen molar-refractivity contribution in [3.63, 3.8) is 0 Å². The van der Waals surface area contributed by atoms with Crippen molar-refractivity contribution in [2.24, 2.45) is 0 Å². The Morgan fingerprint density at radius 3 is 2.95 bits per heavy atom. The van der Waals surface area contributed by atoms with Gasteiger partial charge < -0.3 is 20.2 Å². The number of nitrogen functional groups attached to an aromatic ring is 1. The fourth-order valence-electron chi connectivity index (χ4n) is 1.74. The monoisotopic (exact) mass is 292 g/mol. The molecule has 0 aliphatic heterocycles. The normalized spacial score (nSPS) is 12.0. The molecule has 1 unspecified atom stereocenters. The third-order valence-corrected chi connectivity index (χ3v) is 3.01. The number of furan rings is 1. The number of halogens is 1. The molecule has 0 saturated carbocycles. The van der Waals surface area contributed by atoms with E-state index in [0.717, 1.165) is 0 Å². The number of anilines is 1. The molecule has 1 atom stereocenters. The summed E-state index contributed by atoms with van der Waals surface area (Å²) in [5.41, 5.74) is 6.63. The summed E-state index contributed by atoms with van der Waals surface area (Å²) in [6.07, 6.45) is 0.686. The number of hydrogen-bond acceptors (Lipinski definition) is 4. The topological polar surface area (TPSA) is 77.5 Å². The fraction of sp³-hybridized carbons (Fsp3) is 0.267. The van der Waals surface area contributed by atoms with Crippen LogP contribution in [0.5, 0.6) is 5.75 Å². The Morgan fingerprint density at radius 1 is 1.52 bits per heavy atom. The van der Waals surface area contributed by atoms with Crippen LogP contribution in [0.3, 0.4) is 0 Å². The van der Waals surface area contributed by atoms with Gasteiger partial charge in [0.05, 0.1) is 12.8 Å². The maximum Gasteiger partial charge on any atom is 0.261 e. The van der Waals surface area contributed by atoms with Gasteiger partial charge in [0, 0.05) is 11.8 Å². The lowest BCUT2D eigenvalue weighted by atomic mass is 10.2. The van der Waals surface area contributed by atoms with Crippen LogP contribution in [-0.2, 0) is 11.3 Å². The lowest BCUT2D eigenvalue weighted by Crippen LogP contribution is -2.36. The first-order valence-electron chi connectivity index (χ1n) is 6.49. The van der Waals surface area contributed by atoms with Gasteiger partial charge in [-0.25, -0.2) is 4.39 Å². The van der Waals surface area contributed by atoms with Crippen molar-refractivity contribution < 1.29 is 18.3 Å². The van der Waals surface area contributed by atoms with E-state index in [-0.39, 0.29) is 18.2 Å². The molecular formula is C15H17FN2O3. The quantitative estimate of drug-likeness (QED) is 0.829. The largest absolute Gasteiger partial charge is 0.478 e. The summed E-state index contributed by atoms with van der Waals surface area (Å²) >= 11 is 0. The second-order valence-electron chi connectivity index (χ2n) is 4.70. The molecule has 0 saturated heterocycles. The fourth-order valence-corrected chi connectivity index (χ4v) is 1.74. The van der Waals surface area contributed by atoms with E-state index in [2.05, 4.69) is 5.32 Å². The zero-order valence-corrected chi connectivity index (χ0v) is 11.9. The van der Waals surface area contributed by atoms with Crippen LogP contribution in [0.4, 0.5) is 10.1 Å². The first-order valence-corrected chi connectivity index (χ1v) is 6.49. The smallest absolute Gasteiger partial charge is 0.261 e. The van der Waals surface area contributed by atoms with Crippen molar-refractivity contribution in [2.45, 2.75) is 26.5 Å². The van der Waals surface area contributed by atoms with Gasteiger partial charge in [-0.15, -0.1) is 0 Å². The van der Waals surface area contributed by atoms with Crippen molar-refractivity contribution in [1.82, 2.24) is 5.32 Å². The molecule has 0 radical (unpaired) electrons. The van der Waals surface area contributed by atoms with Crippen molar-refractivity contribution in [3.8, 4) is 5.75 Å². The molecule has 21 heavy (non-hydrogen) atoms. The van der Waals surface area contributed by atoms with Crippen molar-refractivity contribution in [1.29, 1.82) is 0 Å². The Bertz CT molecular complexity index is 626. The SMILES string of the molecule is Cc1cc(OC(C)C(=O)NCc2ccco2)c(F)cc1N. The van der Waals surface area contributed by atoms with E-state index in [1.807, 2.05) is 0 Å². The van der Waals surface area contributed by atoms with Gasteiger partial charge in [-0.1, -0.05) is 0 Å². The third kappa shape index (κ3) is 3.75. The van der Waals surface area contributed by atoms with Crippen molar-refractivity contribution in [3.05, 3.63) is 47.7 Å². The number of ether oxygens (including phenoxy) is 1. The maximum absolute atomic E-state index is 13.7. The second kappa shape index (κ2) is 6.30. The number of aryl methyl sites for hydroxylation is 1. The van der Waals surface area contributed by atoms with Crippen LogP contribution in [0.15, 0.2) is 34.9 Å². The van der Waals surface area contributed by atoms with Crippen LogP contribution < -0.4 is 15.8 Å². The number of nitrogens with two attached hydrogens (primary N) is 1. The summed E-state index contributed by atoms with van der Waals surface area (Å²) in [7, 11) is 0. The lowest BCUT2D eigenvalue weighted by molar-refractivity contribution is -0.127. The zero-order valence-electron chi connectivity index (χ0n) is 11.9. The van der Waals surface area contributed by atoms with Gasteiger partial charge in [-0.05, 0) is 37.6 Å². The predicted octanol–water partition coefficient (Wildman–Crippen LogP) is 2.39. The number of carbonyl (C=O) groups excluding carboxylic acids is 1. The van der Waals surface area contributed by atoms with E-state index >= 15 is 0 Å². The second-order valence-corrected chi connectivity index (χ2v) is 4.70. The minimum absolute atomic E-state index is 0.00217. The van der Waals surface area contributed by atoms with Crippen LogP contribution in [-0.4, -0.2) is 12.0 Å². The van der Waals surface area contributed by atoms with Gasteiger partial charge in [0.25, 0.3) is 5.91 Å². The average Bonchev–Trinajstić information content (AvgIpc) is 2.95. The third-order valence-electron chi connectivity index (χ3n) is 3.01. The first kappa shape index (κ1) is 14.9. The molecule has 0 spiro atoms. The average molecular weight is 292 g/mol. The Labute approximate surface area is 121 Å². The molecule has 3 N–H and O–H groups in total. The number of carbonyl (C=O) groups is 1. The minimum atomic E-state index is -0.836. The van der Waals surface area contributed by atoms with Crippen LogP contribution in [0.1, 0.15) is 18.2 Å². The molecule has 1 aromatic heterocycles. The first-order chi connectivity index (χ1) is 9.97. The maximum atomic E-state index is 13.7. The van der Waals surface area contributed by atoms with E-state index in [0.29, 0.717) is 17.0 Å². The molecule has 0 aliphatic carbocycles. The molecule has 1 heterocycles. The highest BCUT2D eigenvalue weighted by Gasteiger charge is 2.17. The summed E-state index contributed by atoms with van der Waals surface area (Å²) in [6.45, 7) is 3.54. The lowest BCUT2D eigenvalue weighted by Gasteiger charge is -2.15. The van der Waals surface area contributed by atoms with E-state index in [4.69, 9.17) is 14.9 Å². The van der Waals surface area contributed by atoms with Crippen molar-refractivity contribution >= 4 is 11.6 Å². The molecule has 0 aliphatic rings. The molecule has 0 fully saturated rings. The highest BCUT2D eigenvalue weighted by atomic mass is 19.1. The Kier molecular flexibility index (Phi) is 4.47. The summed E-state index contributed by atoms with van der Waals surface area (Å²) < 4.78 is 24.2. The van der Waals surface area contributed by atoms with E-state index in [1.54, 1.807) is 26.0 Å². The highest BCUT2D eigenvalue weighted by molar-refractivity contribution is 5.80. The van der Waals surface area contributed by atoms with Crippen LogP contribution in [0.2, 0.25) is 0 Å². The molecule has 112 valence electrons. The molecule has 0 bridgehead atoms. The van der Waals surface area contributed by atoms with Gasteiger partial charge in [-0.2, -0.15) is 0 Å². The molecule has 2 aromatic rings. The van der Waals surface area contributed by atoms with Gasteiger partial charge >= 0.3 is 0 Å². The van der Waals surface area contributed by atoms with E-state index < -0.39 is 11.9 Å². The van der Waals surface area contributed by atoms with Crippen LogP contribution in [0.25, 0.3) is 0 Å². The summed E-state index contributed by atoms with van der Waals surface area (Å²) in [5.74, 6) is -0.323. The van der Waals surface area contributed by atoms with E-state index in [1.165, 1.54) is 18.4 Å². The van der Waals surface area contributed by atoms with Gasteiger partial charge in [0.15, 0.2) is 17.7 Å². The number of hydrogen-bond donors (Lipinski definition) is 2. The number of nitrogens with one attached hydrogen (secondary N) is 1. The summed E-state index contributed by atoms with van der Waals surface area (Å²) in [5, 5.41) is 2.65. The molecule has 6 heteroatoms. The van der Waals surface area contributed by atoms with Gasteiger partial charge in [0.2, 0.25) is 0 Å². The number of amides is 1. The van der Waals surface area contributed by atoms with Crippen LogP contribution >= 0.6 is 0 Å². The molecular weight excluding hydrogens is 275 g/mol. The Morgan fingerprint density at radius 2 is 2.29 bits per heavy atom. The predicted molar refractivity (Wildman–Crippen MR) is 76.2 cm³/mol. The summed E-state index contributed by atoms with van der Waals surface area (Å²) in [4.78, 5) is 11.9. The standard InChI is InChI=1S/C15H17FN2O3/c1-9-6-14(12(16)7-13(9)17)21-10(2)15(19)18-8-11-4-3-5-20-11/h3-7,10H,8,17H2,1-2H3,(H,18,19). The van der Waals surface area contributed by atoms with Gasteiger partial charge in [-0.3, -0.25) is 4.79 Å². The van der Waals surface area contributed by atoms with Crippen molar-refractivity contribution in [2.75, 3.05) is 5.73 Å². The highest BCUT2D eigenvalue weighted by Crippen LogP contribution is 2.24.